The molecule has 0 aromatic heterocycles. The molecular weight excluding hydrogens is 234 g/mol. The van der Waals surface area contributed by atoms with Gasteiger partial charge in [-0.1, -0.05) is 48.0 Å². The van der Waals surface area contributed by atoms with Crippen molar-refractivity contribution in [1.29, 1.82) is 0 Å². The molecule has 19 heavy (non-hydrogen) atoms. The van der Waals surface area contributed by atoms with E-state index in [4.69, 9.17) is 5.11 Å². The van der Waals surface area contributed by atoms with E-state index in [9.17, 15) is 0 Å². The zero-order chi connectivity index (χ0) is 13.7. The standard InChI is InChI=1S/C17H21NO/c1-13-6-7-17(14(2)8-13)11-18-10-15-4-3-5-16(9-15)12-19/h3-9,18-19H,10-12H2,1-2H3. The Morgan fingerprint density at radius 3 is 2.47 bits per heavy atom. The fourth-order valence-corrected chi connectivity index (χ4v) is 2.22. The molecule has 0 aliphatic rings. The highest BCUT2D eigenvalue weighted by Crippen LogP contribution is 2.11. The third-order valence-electron chi connectivity index (χ3n) is 3.32. The summed E-state index contributed by atoms with van der Waals surface area (Å²) >= 11 is 0. The minimum Gasteiger partial charge on any atom is -0.392 e. The fraction of sp³-hybridized carbons (Fsp3) is 0.294. The molecule has 0 unspecified atom stereocenters. The lowest BCUT2D eigenvalue weighted by Gasteiger charge is -2.09. The summed E-state index contributed by atoms with van der Waals surface area (Å²) in [5, 5.41) is 12.6. The van der Waals surface area contributed by atoms with E-state index in [-0.39, 0.29) is 6.61 Å². The van der Waals surface area contributed by atoms with Crippen molar-refractivity contribution in [2.24, 2.45) is 0 Å². The van der Waals surface area contributed by atoms with Crippen LogP contribution < -0.4 is 5.32 Å². The monoisotopic (exact) mass is 255 g/mol. The van der Waals surface area contributed by atoms with Crippen LogP contribution in [0.5, 0.6) is 0 Å². The summed E-state index contributed by atoms with van der Waals surface area (Å²) in [4.78, 5) is 0. The molecule has 100 valence electrons. The van der Waals surface area contributed by atoms with Gasteiger partial charge in [-0.15, -0.1) is 0 Å². The zero-order valence-electron chi connectivity index (χ0n) is 11.6. The lowest BCUT2D eigenvalue weighted by Crippen LogP contribution is -2.13. The Balaban J connectivity index is 1.92. The second-order valence-corrected chi connectivity index (χ2v) is 5.01. The Morgan fingerprint density at radius 2 is 1.74 bits per heavy atom. The van der Waals surface area contributed by atoms with Gasteiger partial charge < -0.3 is 10.4 Å². The van der Waals surface area contributed by atoms with Crippen LogP contribution in [0.15, 0.2) is 42.5 Å². The minimum absolute atomic E-state index is 0.102. The van der Waals surface area contributed by atoms with Crippen molar-refractivity contribution in [2.45, 2.75) is 33.5 Å². The van der Waals surface area contributed by atoms with Crippen LogP contribution in [0.2, 0.25) is 0 Å². The molecule has 0 aliphatic carbocycles. The Labute approximate surface area is 115 Å². The van der Waals surface area contributed by atoms with Gasteiger partial charge in [-0.2, -0.15) is 0 Å². The van der Waals surface area contributed by atoms with Gasteiger partial charge in [0.15, 0.2) is 0 Å². The first kappa shape index (κ1) is 13.8. The van der Waals surface area contributed by atoms with Crippen LogP contribution in [-0.4, -0.2) is 5.11 Å². The Bertz CT molecular complexity index is 549. The number of aryl methyl sites for hydroxylation is 2. The largest absolute Gasteiger partial charge is 0.392 e. The molecule has 0 fully saturated rings. The summed E-state index contributed by atoms with van der Waals surface area (Å²) in [5.74, 6) is 0. The molecule has 2 rings (SSSR count). The van der Waals surface area contributed by atoms with Crippen molar-refractivity contribution in [2.75, 3.05) is 0 Å². The van der Waals surface area contributed by atoms with E-state index in [2.05, 4.69) is 43.4 Å². The van der Waals surface area contributed by atoms with E-state index in [0.717, 1.165) is 18.7 Å². The predicted octanol–water partition coefficient (Wildman–Crippen LogP) is 3.09. The lowest BCUT2D eigenvalue weighted by molar-refractivity contribution is 0.281. The molecule has 0 aliphatic heterocycles. The van der Waals surface area contributed by atoms with E-state index in [1.54, 1.807) is 0 Å². The highest BCUT2D eigenvalue weighted by atomic mass is 16.3. The molecule has 0 saturated carbocycles. The van der Waals surface area contributed by atoms with Crippen molar-refractivity contribution >= 4 is 0 Å². The lowest BCUT2D eigenvalue weighted by atomic mass is 10.1. The number of benzene rings is 2. The first-order valence-electron chi connectivity index (χ1n) is 6.64. The Kier molecular flexibility index (Phi) is 4.72. The molecule has 2 aromatic rings. The SMILES string of the molecule is Cc1ccc(CNCc2cccc(CO)c2)c(C)c1. The maximum absolute atomic E-state index is 9.11. The van der Waals surface area contributed by atoms with E-state index in [1.807, 2.05) is 18.2 Å². The first-order chi connectivity index (χ1) is 9.19. The zero-order valence-corrected chi connectivity index (χ0v) is 11.6. The second-order valence-electron chi connectivity index (χ2n) is 5.01. The van der Waals surface area contributed by atoms with Crippen molar-refractivity contribution in [1.82, 2.24) is 5.32 Å². The molecule has 2 N–H and O–H groups in total. The van der Waals surface area contributed by atoms with Crippen LogP contribution in [0.4, 0.5) is 0 Å². The van der Waals surface area contributed by atoms with Gasteiger partial charge in [-0.3, -0.25) is 0 Å². The summed E-state index contributed by atoms with van der Waals surface area (Å²) in [6, 6.07) is 14.6. The Hall–Kier alpha value is -1.64. The molecule has 0 radical (unpaired) electrons. The van der Waals surface area contributed by atoms with Crippen LogP contribution in [-0.2, 0) is 19.7 Å². The molecule has 0 spiro atoms. The van der Waals surface area contributed by atoms with Crippen LogP contribution in [0, 0.1) is 13.8 Å². The Morgan fingerprint density at radius 1 is 0.947 bits per heavy atom. The van der Waals surface area contributed by atoms with Gasteiger partial charge in [0, 0.05) is 13.1 Å². The average Bonchev–Trinajstić information content (AvgIpc) is 2.41. The third-order valence-corrected chi connectivity index (χ3v) is 3.32. The topological polar surface area (TPSA) is 32.3 Å². The second kappa shape index (κ2) is 6.50. The van der Waals surface area contributed by atoms with Gasteiger partial charge >= 0.3 is 0 Å². The normalized spacial score (nSPS) is 10.7. The van der Waals surface area contributed by atoms with Gasteiger partial charge in [-0.25, -0.2) is 0 Å². The molecule has 2 aromatic carbocycles. The summed E-state index contributed by atoms with van der Waals surface area (Å²) in [7, 11) is 0. The molecule has 0 saturated heterocycles. The molecule has 0 bridgehead atoms. The number of aliphatic hydroxyl groups excluding tert-OH is 1. The van der Waals surface area contributed by atoms with E-state index >= 15 is 0 Å². The van der Waals surface area contributed by atoms with Crippen LogP contribution in [0.3, 0.4) is 0 Å². The number of nitrogens with one attached hydrogen (secondary N) is 1. The van der Waals surface area contributed by atoms with Crippen molar-refractivity contribution in [3.8, 4) is 0 Å². The smallest absolute Gasteiger partial charge is 0.0681 e. The quantitative estimate of drug-likeness (QED) is 0.860. The molecule has 0 heterocycles. The highest BCUT2D eigenvalue weighted by molar-refractivity contribution is 5.30. The average molecular weight is 255 g/mol. The van der Waals surface area contributed by atoms with Crippen LogP contribution >= 0.6 is 0 Å². The van der Waals surface area contributed by atoms with E-state index < -0.39 is 0 Å². The van der Waals surface area contributed by atoms with Gasteiger partial charge in [-0.05, 0) is 36.1 Å². The van der Waals surface area contributed by atoms with Crippen molar-refractivity contribution < 1.29 is 5.11 Å². The molecular formula is C17H21NO. The number of hydrogen-bond donors (Lipinski definition) is 2. The van der Waals surface area contributed by atoms with Crippen LogP contribution in [0.25, 0.3) is 0 Å². The molecule has 0 amide bonds. The van der Waals surface area contributed by atoms with Gasteiger partial charge in [0.2, 0.25) is 0 Å². The predicted molar refractivity (Wildman–Crippen MR) is 78.8 cm³/mol. The number of rotatable bonds is 5. The minimum atomic E-state index is 0.102. The maximum Gasteiger partial charge on any atom is 0.0681 e. The molecule has 2 nitrogen and oxygen atoms in total. The number of aliphatic hydroxyl groups is 1. The maximum atomic E-state index is 9.11. The van der Waals surface area contributed by atoms with E-state index in [1.165, 1.54) is 22.3 Å². The van der Waals surface area contributed by atoms with Gasteiger partial charge in [0.1, 0.15) is 0 Å². The molecule has 2 heteroatoms. The van der Waals surface area contributed by atoms with Gasteiger partial charge in [0.05, 0.1) is 6.61 Å². The molecule has 0 atom stereocenters. The highest BCUT2D eigenvalue weighted by Gasteiger charge is 1.99. The first-order valence-corrected chi connectivity index (χ1v) is 6.64. The number of hydrogen-bond acceptors (Lipinski definition) is 2. The van der Waals surface area contributed by atoms with E-state index in [0.29, 0.717) is 0 Å². The van der Waals surface area contributed by atoms with Crippen molar-refractivity contribution in [3.05, 3.63) is 70.3 Å². The fourth-order valence-electron chi connectivity index (χ4n) is 2.22. The van der Waals surface area contributed by atoms with Crippen molar-refractivity contribution in [3.63, 3.8) is 0 Å². The van der Waals surface area contributed by atoms with Gasteiger partial charge in [0.25, 0.3) is 0 Å². The van der Waals surface area contributed by atoms with Crippen LogP contribution in [0.1, 0.15) is 27.8 Å². The third kappa shape index (κ3) is 3.91. The summed E-state index contributed by atoms with van der Waals surface area (Å²) in [5.41, 5.74) is 6.14. The summed E-state index contributed by atoms with van der Waals surface area (Å²) in [6.07, 6.45) is 0. The summed E-state index contributed by atoms with van der Waals surface area (Å²) < 4.78 is 0. The summed E-state index contributed by atoms with van der Waals surface area (Å²) in [6.45, 7) is 6.06.